The first-order valence-electron chi connectivity index (χ1n) is 4.53. The molecule has 0 spiro atoms. The molecule has 0 bridgehead atoms. The van der Waals surface area contributed by atoms with Gasteiger partial charge in [-0.2, -0.15) is 0 Å². The molecule has 13 heavy (non-hydrogen) atoms. The summed E-state index contributed by atoms with van der Waals surface area (Å²) in [6, 6.07) is 0.00681. The predicted molar refractivity (Wildman–Crippen MR) is 53.5 cm³/mol. The Morgan fingerprint density at radius 3 is 3.23 bits per heavy atom. The number of carbonyl (C=O) groups is 1. The van der Waals surface area contributed by atoms with E-state index in [9.17, 15) is 4.79 Å². The molecule has 3 nitrogen and oxygen atoms in total. The molecule has 0 radical (unpaired) electrons. The third-order valence-corrected chi connectivity index (χ3v) is 2.02. The highest BCUT2D eigenvalue weighted by atomic mass is 16.2. The Labute approximate surface area is 79.1 Å². The molecule has 0 saturated carbocycles. The standard InChI is InChI=1S/C10H16N2O/c1-3-6-11-10(13)12-7-4-5-9(2)8-12/h3,5H,1,4,6-8H2,2H3,(H,11,13). The first-order chi connectivity index (χ1) is 6.24. The van der Waals surface area contributed by atoms with Crippen molar-refractivity contribution in [3.8, 4) is 0 Å². The third-order valence-electron chi connectivity index (χ3n) is 2.02. The van der Waals surface area contributed by atoms with E-state index in [1.165, 1.54) is 5.57 Å². The fourth-order valence-electron chi connectivity index (χ4n) is 1.36. The molecule has 1 heterocycles. The molecule has 1 N–H and O–H groups in total. The molecular formula is C10H16N2O. The highest BCUT2D eigenvalue weighted by Gasteiger charge is 2.14. The van der Waals surface area contributed by atoms with Gasteiger partial charge >= 0.3 is 6.03 Å². The van der Waals surface area contributed by atoms with Gasteiger partial charge in [0, 0.05) is 19.6 Å². The summed E-state index contributed by atoms with van der Waals surface area (Å²) >= 11 is 0. The molecule has 72 valence electrons. The van der Waals surface area contributed by atoms with Crippen molar-refractivity contribution in [2.24, 2.45) is 0 Å². The molecule has 0 aromatic carbocycles. The SMILES string of the molecule is C=CCNC(=O)N1CCC=C(C)C1. The summed E-state index contributed by atoms with van der Waals surface area (Å²) in [6.45, 7) is 7.71. The van der Waals surface area contributed by atoms with Crippen LogP contribution in [0.25, 0.3) is 0 Å². The Kier molecular flexibility index (Phi) is 3.55. The number of rotatable bonds is 2. The first-order valence-corrected chi connectivity index (χ1v) is 4.53. The summed E-state index contributed by atoms with van der Waals surface area (Å²) in [6.07, 6.45) is 4.83. The van der Waals surface area contributed by atoms with Crippen molar-refractivity contribution in [3.05, 3.63) is 24.3 Å². The second-order valence-electron chi connectivity index (χ2n) is 3.24. The quantitative estimate of drug-likeness (QED) is 0.642. The Bertz CT molecular complexity index is 233. The highest BCUT2D eigenvalue weighted by molar-refractivity contribution is 5.74. The van der Waals surface area contributed by atoms with Gasteiger partial charge in [-0.25, -0.2) is 4.79 Å². The van der Waals surface area contributed by atoms with Gasteiger partial charge < -0.3 is 10.2 Å². The molecule has 1 aliphatic heterocycles. The maximum absolute atomic E-state index is 11.4. The highest BCUT2D eigenvalue weighted by Crippen LogP contribution is 2.08. The summed E-state index contributed by atoms with van der Waals surface area (Å²) in [5.74, 6) is 0. The molecule has 0 aromatic heterocycles. The van der Waals surface area contributed by atoms with Crippen LogP contribution < -0.4 is 5.32 Å². The van der Waals surface area contributed by atoms with Gasteiger partial charge in [-0.05, 0) is 13.3 Å². The molecule has 1 rings (SSSR count). The van der Waals surface area contributed by atoms with Crippen LogP contribution in [0, 0.1) is 0 Å². The molecule has 0 fully saturated rings. The fraction of sp³-hybridized carbons (Fsp3) is 0.500. The summed E-state index contributed by atoms with van der Waals surface area (Å²) in [7, 11) is 0. The van der Waals surface area contributed by atoms with E-state index in [4.69, 9.17) is 0 Å². The van der Waals surface area contributed by atoms with E-state index in [0.717, 1.165) is 19.5 Å². The maximum Gasteiger partial charge on any atom is 0.317 e. The minimum atomic E-state index is 0.00681. The van der Waals surface area contributed by atoms with Gasteiger partial charge in [0.25, 0.3) is 0 Å². The molecule has 0 saturated heterocycles. The van der Waals surface area contributed by atoms with Gasteiger partial charge in [-0.15, -0.1) is 6.58 Å². The van der Waals surface area contributed by atoms with Crippen LogP contribution in [0.15, 0.2) is 24.3 Å². The summed E-state index contributed by atoms with van der Waals surface area (Å²) in [5, 5.41) is 2.76. The van der Waals surface area contributed by atoms with Gasteiger partial charge in [0.15, 0.2) is 0 Å². The average molecular weight is 180 g/mol. The lowest BCUT2D eigenvalue weighted by molar-refractivity contribution is 0.202. The van der Waals surface area contributed by atoms with Crippen molar-refractivity contribution >= 4 is 6.03 Å². The van der Waals surface area contributed by atoms with Crippen LogP contribution in [0.1, 0.15) is 13.3 Å². The molecule has 1 aliphatic rings. The Morgan fingerprint density at radius 1 is 1.85 bits per heavy atom. The van der Waals surface area contributed by atoms with Crippen LogP contribution in [-0.4, -0.2) is 30.6 Å². The zero-order chi connectivity index (χ0) is 9.68. The van der Waals surface area contributed by atoms with Crippen LogP contribution in [0.5, 0.6) is 0 Å². The lowest BCUT2D eigenvalue weighted by atomic mass is 10.1. The van der Waals surface area contributed by atoms with Crippen molar-refractivity contribution in [2.75, 3.05) is 19.6 Å². The molecule has 2 amide bonds. The topological polar surface area (TPSA) is 32.3 Å². The van der Waals surface area contributed by atoms with E-state index in [1.54, 1.807) is 6.08 Å². The van der Waals surface area contributed by atoms with Crippen molar-refractivity contribution in [1.29, 1.82) is 0 Å². The molecule has 3 heteroatoms. The fourth-order valence-corrected chi connectivity index (χ4v) is 1.36. The molecule has 0 aliphatic carbocycles. The van der Waals surface area contributed by atoms with Crippen molar-refractivity contribution in [1.82, 2.24) is 10.2 Å². The lowest BCUT2D eigenvalue weighted by Crippen LogP contribution is -2.42. The van der Waals surface area contributed by atoms with Crippen molar-refractivity contribution < 1.29 is 4.79 Å². The van der Waals surface area contributed by atoms with E-state index >= 15 is 0 Å². The van der Waals surface area contributed by atoms with Crippen LogP contribution in [-0.2, 0) is 0 Å². The van der Waals surface area contributed by atoms with Gasteiger partial charge in [0.1, 0.15) is 0 Å². The van der Waals surface area contributed by atoms with Crippen LogP contribution in [0.3, 0.4) is 0 Å². The van der Waals surface area contributed by atoms with E-state index in [-0.39, 0.29) is 6.03 Å². The van der Waals surface area contributed by atoms with E-state index in [0.29, 0.717) is 6.54 Å². The Hall–Kier alpha value is -1.25. The Morgan fingerprint density at radius 2 is 2.62 bits per heavy atom. The lowest BCUT2D eigenvalue weighted by Gasteiger charge is -2.26. The molecule has 0 atom stereocenters. The maximum atomic E-state index is 11.4. The summed E-state index contributed by atoms with van der Waals surface area (Å²) in [4.78, 5) is 13.3. The predicted octanol–water partition coefficient (Wildman–Crippen LogP) is 1.53. The van der Waals surface area contributed by atoms with Crippen molar-refractivity contribution in [2.45, 2.75) is 13.3 Å². The minimum absolute atomic E-state index is 0.00681. The molecule has 0 unspecified atom stereocenters. The number of nitrogens with one attached hydrogen (secondary N) is 1. The number of hydrogen-bond donors (Lipinski definition) is 1. The number of nitrogens with zero attached hydrogens (tertiary/aromatic N) is 1. The number of carbonyl (C=O) groups excluding carboxylic acids is 1. The number of hydrogen-bond acceptors (Lipinski definition) is 1. The van der Waals surface area contributed by atoms with E-state index in [2.05, 4.69) is 18.0 Å². The first kappa shape index (κ1) is 9.84. The van der Waals surface area contributed by atoms with Gasteiger partial charge in [0.2, 0.25) is 0 Å². The second-order valence-corrected chi connectivity index (χ2v) is 3.24. The summed E-state index contributed by atoms with van der Waals surface area (Å²) in [5.41, 5.74) is 1.26. The van der Waals surface area contributed by atoms with Crippen LogP contribution >= 0.6 is 0 Å². The number of amides is 2. The Balaban J connectivity index is 2.39. The largest absolute Gasteiger partial charge is 0.335 e. The molecular weight excluding hydrogens is 164 g/mol. The van der Waals surface area contributed by atoms with Gasteiger partial charge in [0.05, 0.1) is 0 Å². The zero-order valence-corrected chi connectivity index (χ0v) is 8.05. The third kappa shape index (κ3) is 2.93. The van der Waals surface area contributed by atoms with E-state index < -0.39 is 0 Å². The summed E-state index contributed by atoms with van der Waals surface area (Å²) < 4.78 is 0. The second kappa shape index (κ2) is 4.70. The van der Waals surface area contributed by atoms with Gasteiger partial charge in [-0.1, -0.05) is 17.7 Å². The smallest absolute Gasteiger partial charge is 0.317 e. The van der Waals surface area contributed by atoms with Crippen molar-refractivity contribution in [3.63, 3.8) is 0 Å². The monoisotopic (exact) mass is 180 g/mol. The zero-order valence-electron chi connectivity index (χ0n) is 8.05. The van der Waals surface area contributed by atoms with E-state index in [1.807, 2.05) is 11.8 Å². The molecule has 0 aromatic rings. The van der Waals surface area contributed by atoms with Gasteiger partial charge in [-0.3, -0.25) is 0 Å². The van der Waals surface area contributed by atoms with Crippen LogP contribution in [0.2, 0.25) is 0 Å². The number of urea groups is 1. The average Bonchev–Trinajstić information content (AvgIpc) is 2.14. The normalized spacial score (nSPS) is 16.4. The van der Waals surface area contributed by atoms with Crippen LogP contribution in [0.4, 0.5) is 4.79 Å². The minimum Gasteiger partial charge on any atom is -0.335 e.